The summed E-state index contributed by atoms with van der Waals surface area (Å²) in [7, 11) is 0. The molecule has 1 aliphatic heterocycles. The van der Waals surface area contributed by atoms with Crippen molar-refractivity contribution in [3.8, 4) is 0 Å². The van der Waals surface area contributed by atoms with E-state index in [4.69, 9.17) is 5.11 Å². The van der Waals surface area contributed by atoms with Gasteiger partial charge < -0.3 is 10.0 Å². The van der Waals surface area contributed by atoms with Crippen LogP contribution in [0.15, 0.2) is 12.1 Å². The smallest absolute Gasteiger partial charge is 0.151 e. The first-order valence-corrected chi connectivity index (χ1v) is 5.39. The molecule has 2 rings (SSSR count). The Hall–Kier alpha value is -1.16. The van der Waals surface area contributed by atoms with E-state index in [1.165, 1.54) is 0 Å². The summed E-state index contributed by atoms with van der Waals surface area (Å²) in [6.45, 7) is 6.59. The average molecular weight is 207 g/mol. The number of aliphatic hydroxyl groups excluding tert-OH is 1. The molecule has 4 nitrogen and oxygen atoms in total. The highest BCUT2D eigenvalue weighted by atomic mass is 16.3. The van der Waals surface area contributed by atoms with Crippen LogP contribution in [0.5, 0.6) is 0 Å². The van der Waals surface area contributed by atoms with Crippen LogP contribution >= 0.6 is 0 Å². The summed E-state index contributed by atoms with van der Waals surface area (Å²) >= 11 is 0. The van der Waals surface area contributed by atoms with Crippen molar-refractivity contribution >= 4 is 5.82 Å². The molecule has 1 aromatic heterocycles. The number of aromatic nitrogens is 2. The van der Waals surface area contributed by atoms with Crippen molar-refractivity contribution in [2.24, 2.45) is 11.8 Å². The Morgan fingerprint density at radius 2 is 1.93 bits per heavy atom. The normalized spacial score (nSPS) is 25.9. The summed E-state index contributed by atoms with van der Waals surface area (Å²) in [5, 5.41) is 16.9. The molecule has 0 spiro atoms. The Labute approximate surface area is 89.9 Å². The molecule has 1 fully saturated rings. The highest BCUT2D eigenvalue weighted by Gasteiger charge is 2.26. The Kier molecular flexibility index (Phi) is 2.86. The van der Waals surface area contributed by atoms with Gasteiger partial charge in [0.1, 0.15) is 0 Å². The second kappa shape index (κ2) is 4.14. The standard InChI is InChI=1S/C11H17N3O/c1-8-5-14(6-9(8)2)11-4-3-10(7-15)12-13-11/h3-4,8-9,15H,5-7H2,1-2H3. The van der Waals surface area contributed by atoms with E-state index in [0.717, 1.165) is 18.9 Å². The number of hydrogen-bond donors (Lipinski definition) is 1. The zero-order chi connectivity index (χ0) is 10.8. The topological polar surface area (TPSA) is 49.2 Å². The third-order valence-corrected chi connectivity index (χ3v) is 3.18. The van der Waals surface area contributed by atoms with Gasteiger partial charge in [-0.25, -0.2) is 0 Å². The van der Waals surface area contributed by atoms with Gasteiger partial charge in [-0.05, 0) is 24.0 Å². The molecule has 1 saturated heterocycles. The first-order chi connectivity index (χ1) is 7.20. The van der Waals surface area contributed by atoms with Crippen LogP contribution < -0.4 is 4.90 Å². The molecule has 0 radical (unpaired) electrons. The van der Waals surface area contributed by atoms with E-state index >= 15 is 0 Å². The van der Waals surface area contributed by atoms with Crippen molar-refractivity contribution in [2.45, 2.75) is 20.5 Å². The van der Waals surface area contributed by atoms with E-state index in [-0.39, 0.29) is 6.61 Å². The predicted octanol–water partition coefficient (Wildman–Crippen LogP) is 1.06. The molecule has 4 heteroatoms. The summed E-state index contributed by atoms with van der Waals surface area (Å²) in [6.07, 6.45) is 0. The van der Waals surface area contributed by atoms with Gasteiger partial charge in [-0.1, -0.05) is 13.8 Å². The maximum atomic E-state index is 8.86. The SMILES string of the molecule is CC1CN(c2ccc(CO)nn2)CC1C. The van der Waals surface area contributed by atoms with Crippen LogP contribution in [0.2, 0.25) is 0 Å². The number of aliphatic hydroxyl groups is 1. The van der Waals surface area contributed by atoms with Crippen LogP contribution in [0, 0.1) is 11.8 Å². The van der Waals surface area contributed by atoms with Crippen molar-refractivity contribution in [2.75, 3.05) is 18.0 Å². The number of anilines is 1. The monoisotopic (exact) mass is 207 g/mol. The van der Waals surface area contributed by atoms with Gasteiger partial charge in [0, 0.05) is 13.1 Å². The second-order valence-corrected chi connectivity index (χ2v) is 4.40. The molecule has 2 atom stereocenters. The van der Waals surface area contributed by atoms with Gasteiger partial charge >= 0.3 is 0 Å². The minimum Gasteiger partial charge on any atom is -0.390 e. The highest BCUT2D eigenvalue weighted by molar-refractivity contribution is 5.38. The van der Waals surface area contributed by atoms with E-state index < -0.39 is 0 Å². The maximum Gasteiger partial charge on any atom is 0.151 e. The van der Waals surface area contributed by atoms with Crippen LogP contribution in [0.1, 0.15) is 19.5 Å². The number of hydrogen-bond acceptors (Lipinski definition) is 4. The molecule has 1 aliphatic rings. The zero-order valence-corrected chi connectivity index (χ0v) is 9.22. The van der Waals surface area contributed by atoms with E-state index in [0.29, 0.717) is 17.5 Å². The molecule has 0 aromatic carbocycles. The lowest BCUT2D eigenvalue weighted by Crippen LogP contribution is -2.21. The summed E-state index contributed by atoms with van der Waals surface area (Å²) in [4.78, 5) is 2.25. The fourth-order valence-electron chi connectivity index (χ4n) is 1.92. The van der Waals surface area contributed by atoms with Crippen molar-refractivity contribution in [3.63, 3.8) is 0 Å². The lowest BCUT2D eigenvalue weighted by Gasteiger charge is -2.16. The predicted molar refractivity (Wildman–Crippen MR) is 58.5 cm³/mol. The van der Waals surface area contributed by atoms with Crippen LogP contribution in [0.4, 0.5) is 5.82 Å². The molecule has 1 aromatic rings. The second-order valence-electron chi connectivity index (χ2n) is 4.40. The Morgan fingerprint density at radius 1 is 1.27 bits per heavy atom. The number of rotatable bonds is 2. The lowest BCUT2D eigenvalue weighted by atomic mass is 10.0. The first kappa shape index (κ1) is 10.4. The van der Waals surface area contributed by atoms with Crippen LogP contribution in [-0.4, -0.2) is 28.4 Å². The van der Waals surface area contributed by atoms with Gasteiger partial charge in [0.05, 0.1) is 12.3 Å². The summed E-state index contributed by atoms with van der Waals surface area (Å²) < 4.78 is 0. The first-order valence-electron chi connectivity index (χ1n) is 5.39. The Balaban J connectivity index is 2.10. The fraction of sp³-hybridized carbons (Fsp3) is 0.636. The minimum atomic E-state index is -0.0416. The molecule has 0 saturated carbocycles. The van der Waals surface area contributed by atoms with Crippen LogP contribution in [0.25, 0.3) is 0 Å². The third-order valence-electron chi connectivity index (χ3n) is 3.18. The van der Waals surface area contributed by atoms with E-state index in [2.05, 4.69) is 28.9 Å². The van der Waals surface area contributed by atoms with E-state index in [1.807, 2.05) is 12.1 Å². The van der Waals surface area contributed by atoms with Crippen molar-refractivity contribution in [1.82, 2.24) is 10.2 Å². The minimum absolute atomic E-state index is 0.0416. The fourth-order valence-corrected chi connectivity index (χ4v) is 1.92. The molecule has 1 N–H and O–H groups in total. The largest absolute Gasteiger partial charge is 0.390 e. The molecule has 0 aliphatic carbocycles. The quantitative estimate of drug-likeness (QED) is 0.788. The molecule has 0 bridgehead atoms. The van der Waals surface area contributed by atoms with Crippen molar-refractivity contribution in [3.05, 3.63) is 17.8 Å². The van der Waals surface area contributed by atoms with Crippen molar-refractivity contribution in [1.29, 1.82) is 0 Å². The van der Waals surface area contributed by atoms with Crippen LogP contribution in [0.3, 0.4) is 0 Å². The van der Waals surface area contributed by atoms with Gasteiger partial charge in [0.15, 0.2) is 5.82 Å². The van der Waals surface area contributed by atoms with Gasteiger partial charge in [0.25, 0.3) is 0 Å². The van der Waals surface area contributed by atoms with E-state index in [9.17, 15) is 0 Å². The molecular weight excluding hydrogens is 190 g/mol. The zero-order valence-electron chi connectivity index (χ0n) is 9.22. The lowest BCUT2D eigenvalue weighted by molar-refractivity contribution is 0.275. The summed E-state index contributed by atoms with van der Waals surface area (Å²) in [5.74, 6) is 2.34. The molecular formula is C11H17N3O. The van der Waals surface area contributed by atoms with Gasteiger partial charge in [-0.2, -0.15) is 5.10 Å². The van der Waals surface area contributed by atoms with Crippen molar-refractivity contribution < 1.29 is 5.11 Å². The van der Waals surface area contributed by atoms with E-state index in [1.54, 1.807) is 0 Å². The summed E-state index contributed by atoms with van der Waals surface area (Å²) in [6, 6.07) is 3.76. The third kappa shape index (κ3) is 2.09. The Morgan fingerprint density at radius 3 is 2.40 bits per heavy atom. The van der Waals surface area contributed by atoms with Gasteiger partial charge in [-0.3, -0.25) is 0 Å². The summed E-state index contributed by atoms with van der Waals surface area (Å²) in [5.41, 5.74) is 0.624. The molecule has 2 unspecified atom stereocenters. The number of nitrogens with zero attached hydrogens (tertiary/aromatic N) is 3. The van der Waals surface area contributed by atoms with Gasteiger partial charge in [0.2, 0.25) is 0 Å². The molecule has 2 heterocycles. The highest BCUT2D eigenvalue weighted by Crippen LogP contribution is 2.25. The van der Waals surface area contributed by atoms with Crippen LogP contribution in [-0.2, 0) is 6.61 Å². The van der Waals surface area contributed by atoms with Gasteiger partial charge in [-0.15, -0.1) is 5.10 Å². The molecule has 82 valence electrons. The average Bonchev–Trinajstić information content (AvgIpc) is 2.59. The molecule has 0 amide bonds. The Bertz CT molecular complexity index is 315. The maximum absolute atomic E-state index is 8.86. The molecule has 15 heavy (non-hydrogen) atoms.